The van der Waals surface area contributed by atoms with E-state index < -0.39 is 0 Å². The van der Waals surface area contributed by atoms with Crippen molar-refractivity contribution < 1.29 is 4.79 Å². The number of aromatic nitrogens is 2. The molecule has 0 unspecified atom stereocenters. The Morgan fingerprint density at radius 1 is 1.33 bits per heavy atom. The molecule has 116 valence electrons. The standard InChI is InChI=1S/C15H25N5O/c1-16-14(21)11-20-8-4-12(5-9-20)15-13(10-19(2)3)17-6-7-18-15/h6-7,12H,4-5,8-11H2,1-3H3,(H,16,21). The van der Waals surface area contributed by atoms with Gasteiger partial charge in [0.1, 0.15) is 0 Å². The van der Waals surface area contributed by atoms with E-state index in [-0.39, 0.29) is 5.91 Å². The Morgan fingerprint density at radius 3 is 2.62 bits per heavy atom. The maximum atomic E-state index is 11.4. The van der Waals surface area contributed by atoms with Crippen molar-refractivity contribution >= 4 is 5.91 Å². The normalized spacial score (nSPS) is 17.1. The lowest BCUT2D eigenvalue weighted by molar-refractivity contribution is -0.122. The maximum absolute atomic E-state index is 11.4. The smallest absolute Gasteiger partial charge is 0.233 e. The molecule has 21 heavy (non-hydrogen) atoms. The summed E-state index contributed by atoms with van der Waals surface area (Å²) >= 11 is 0. The molecule has 0 atom stereocenters. The zero-order chi connectivity index (χ0) is 15.2. The Kier molecular flexibility index (Phi) is 5.64. The van der Waals surface area contributed by atoms with Crippen molar-refractivity contribution in [3.8, 4) is 0 Å². The highest BCUT2D eigenvalue weighted by molar-refractivity contribution is 5.77. The molecule has 1 amide bonds. The number of nitrogens with one attached hydrogen (secondary N) is 1. The maximum Gasteiger partial charge on any atom is 0.233 e. The second-order valence-corrected chi connectivity index (χ2v) is 5.85. The Labute approximate surface area is 126 Å². The Hall–Kier alpha value is -1.53. The summed E-state index contributed by atoms with van der Waals surface area (Å²) in [6, 6.07) is 0. The first-order chi connectivity index (χ1) is 10.1. The van der Waals surface area contributed by atoms with Gasteiger partial charge in [-0.05, 0) is 40.0 Å². The zero-order valence-electron chi connectivity index (χ0n) is 13.2. The van der Waals surface area contributed by atoms with Crippen LogP contribution in [0.3, 0.4) is 0 Å². The summed E-state index contributed by atoms with van der Waals surface area (Å²) in [6.07, 6.45) is 5.63. The molecule has 0 radical (unpaired) electrons. The molecule has 0 spiro atoms. The van der Waals surface area contributed by atoms with E-state index in [2.05, 4.69) is 25.1 Å². The average Bonchev–Trinajstić information content (AvgIpc) is 2.48. The zero-order valence-corrected chi connectivity index (χ0v) is 13.2. The fraction of sp³-hybridized carbons (Fsp3) is 0.667. The molecule has 0 aliphatic carbocycles. The highest BCUT2D eigenvalue weighted by Gasteiger charge is 2.24. The molecule has 6 nitrogen and oxygen atoms in total. The van der Waals surface area contributed by atoms with Crippen LogP contribution in [-0.4, -0.2) is 66.5 Å². The second-order valence-electron chi connectivity index (χ2n) is 5.85. The molecule has 0 saturated carbocycles. The van der Waals surface area contributed by atoms with E-state index in [1.54, 1.807) is 19.4 Å². The number of carbonyl (C=O) groups is 1. The minimum atomic E-state index is 0.0845. The first kappa shape index (κ1) is 15.9. The van der Waals surface area contributed by atoms with Crippen LogP contribution in [0.25, 0.3) is 0 Å². The van der Waals surface area contributed by atoms with Crippen molar-refractivity contribution in [2.45, 2.75) is 25.3 Å². The minimum Gasteiger partial charge on any atom is -0.358 e. The van der Waals surface area contributed by atoms with Crippen LogP contribution < -0.4 is 5.32 Å². The molecule has 2 heterocycles. The van der Waals surface area contributed by atoms with E-state index in [1.165, 1.54) is 0 Å². The molecule has 0 aromatic carbocycles. The third-order valence-corrected chi connectivity index (χ3v) is 3.89. The molecule has 1 aromatic heterocycles. The van der Waals surface area contributed by atoms with Crippen molar-refractivity contribution in [1.82, 2.24) is 25.1 Å². The number of hydrogen-bond donors (Lipinski definition) is 1. The third-order valence-electron chi connectivity index (χ3n) is 3.89. The van der Waals surface area contributed by atoms with Gasteiger partial charge in [-0.2, -0.15) is 0 Å². The minimum absolute atomic E-state index is 0.0845. The molecular weight excluding hydrogens is 266 g/mol. The lowest BCUT2D eigenvalue weighted by Gasteiger charge is -2.31. The van der Waals surface area contributed by atoms with Gasteiger partial charge in [-0.1, -0.05) is 0 Å². The SMILES string of the molecule is CNC(=O)CN1CCC(c2nccnc2CN(C)C)CC1. The van der Waals surface area contributed by atoms with Gasteiger partial charge >= 0.3 is 0 Å². The second kappa shape index (κ2) is 7.47. The molecule has 1 aliphatic rings. The van der Waals surface area contributed by atoms with Crippen molar-refractivity contribution in [2.75, 3.05) is 40.8 Å². The lowest BCUT2D eigenvalue weighted by atomic mass is 9.92. The first-order valence-corrected chi connectivity index (χ1v) is 7.47. The largest absolute Gasteiger partial charge is 0.358 e. The Bertz CT molecular complexity index is 469. The van der Waals surface area contributed by atoms with E-state index in [1.807, 2.05) is 14.1 Å². The van der Waals surface area contributed by atoms with Gasteiger partial charge in [0, 0.05) is 31.9 Å². The monoisotopic (exact) mass is 291 g/mol. The molecule has 1 N–H and O–H groups in total. The molecule has 0 bridgehead atoms. The van der Waals surface area contributed by atoms with Crippen LogP contribution in [0.2, 0.25) is 0 Å². The van der Waals surface area contributed by atoms with E-state index in [0.717, 1.165) is 43.9 Å². The van der Waals surface area contributed by atoms with Crippen LogP contribution in [0.4, 0.5) is 0 Å². The molecule has 1 fully saturated rings. The molecule has 6 heteroatoms. The summed E-state index contributed by atoms with van der Waals surface area (Å²) in [6.45, 7) is 3.20. The van der Waals surface area contributed by atoms with E-state index in [0.29, 0.717) is 12.5 Å². The fourth-order valence-corrected chi connectivity index (χ4v) is 2.79. The van der Waals surface area contributed by atoms with Crippen molar-refractivity contribution in [3.05, 3.63) is 23.8 Å². The van der Waals surface area contributed by atoms with Gasteiger partial charge in [0.25, 0.3) is 0 Å². The van der Waals surface area contributed by atoms with Crippen molar-refractivity contribution in [2.24, 2.45) is 0 Å². The molecular formula is C15H25N5O. The average molecular weight is 291 g/mol. The number of likely N-dealkylation sites (tertiary alicyclic amines) is 1. The van der Waals surface area contributed by atoms with Crippen molar-refractivity contribution in [3.63, 3.8) is 0 Å². The van der Waals surface area contributed by atoms with Gasteiger partial charge < -0.3 is 10.2 Å². The third kappa shape index (κ3) is 4.47. The molecule has 1 aromatic rings. The van der Waals surface area contributed by atoms with Crippen LogP contribution in [0.1, 0.15) is 30.1 Å². The number of amides is 1. The molecule has 1 saturated heterocycles. The first-order valence-electron chi connectivity index (χ1n) is 7.47. The highest BCUT2D eigenvalue weighted by Crippen LogP contribution is 2.28. The van der Waals surface area contributed by atoms with Crippen LogP contribution in [0, 0.1) is 0 Å². The number of nitrogens with zero attached hydrogens (tertiary/aromatic N) is 4. The molecule has 1 aliphatic heterocycles. The van der Waals surface area contributed by atoms with E-state index in [4.69, 9.17) is 0 Å². The van der Waals surface area contributed by atoms with Crippen LogP contribution in [0.5, 0.6) is 0 Å². The number of carbonyl (C=O) groups excluding carboxylic acids is 1. The quantitative estimate of drug-likeness (QED) is 0.854. The number of hydrogen-bond acceptors (Lipinski definition) is 5. The van der Waals surface area contributed by atoms with Crippen LogP contribution in [0.15, 0.2) is 12.4 Å². The van der Waals surface area contributed by atoms with E-state index in [9.17, 15) is 4.79 Å². The predicted octanol–water partition coefficient (Wildman–Crippen LogP) is 0.464. The fourth-order valence-electron chi connectivity index (χ4n) is 2.79. The number of piperidine rings is 1. The van der Waals surface area contributed by atoms with Gasteiger partial charge in [0.05, 0.1) is 17.9 Å². The summed E-state index contributed by atoms with van der Waals surface area (Å²) < 4.78 is 0. The van der Waals surface area contributed by atoms with Gasteiger partial charge in [0.15, 0.2) is 0 Å². The summed E-state index contributed by atoms with van der Waals surface area (Å²) in [5, 5.41) is 2.68. The summed E-state index contributed by atoms with van der Waals surface area (Å²) in [7, 11) is 5.77. The van der Waals surface area contributed by atoms with Gasteiger partial charge in [0.2, 0.25) is 5.91 Å². The van der Waals surface area contributed by atoms with Gasteiger partial charge in [-0.25, -0.2) is 0 Å². The van der Waals surface area contributed by atoms with Crippen LogP contribution >= 0.6 is 0 Å². The topological polar surface area (TPSA) is 61.4 Å². The summed E-state index contributed by atoms with van der Waals surface area (Å²) in [5.41, 5.74) is 2.21. The Morgan fingerprint density at radius 2 is 2.00 bits per heavy atom. The van der Waals surface area contributed by atoms with Gasteiger partial charge in [-0.3, -0.25) is 19.7 Å². The number of rotatable bonds is 5. The van der Waals surface area contributed by atoms with Crippen molar-refractivity contribution in [1.29, 1.82) is 0 Å². The van der Waals surface area contributed by atoms with E-state index >= 15 is 0 Å². The highest BCUT2D eigenvalue weighted by atomic mass is 16.1. The van der Waals surface area contributed by atoms with Gasteiger partial charge in [-0.15, -0.1) is 0 Å². The summed E-state index contributed by atoms with van der Waals surface area (Å²) in [5.74, 6) is 0.538. The van der Waals surface area contributed by atoms with Crippen LogP contribution in [-0.2, 0) is 11.3 Å². The predicted molar refractivity (Wildman–Crippen MR) is 81.9 cm³/mol. The Balaban J connectivity index is 1.97. The lowest BCUT2D eigenvalue weighted by Crippen LogP contribution is -2.40. The number of likely N-dealkylation sites (N-methyl/N-ethyl adjacent to an activating group) is 1. The summed E-state index contributed by atoms with van der Waals surface area (Å²) in [4.78, 5) is 24.8. The molecule has 2 rings (SSSR count).